The van der Waals surface area contributed by atoms with Crippen LogP contribution in [0.3, 0.4) is 0 Å². The van der Waals surface area contributed by atoms with Gasteiger partial charge in [-0.2, -0.15) is 0 Å². The minimum absolute atomic E-state index is 0.0487. The lowest BCUT2D eigenvalue weighted by atomic mass is 10.1. The Hall–Kier alpha value is -4.13. The highest BCUT2D eigenvalue weighted by molar-refractivity contribution is 6.05. The molecule has 0 aliphatic heterocycles. The van der Waals surface area contributed by atoms with E-state index in [1.165, 1.54) is 4.90 Å². The molecule has 0 fully saturated rings. The van der Waals surface area contributed by atoms with Crippen LogP contribution in [0, 0.1) is 0 Å². The van der Waals surface area contributed by atoms with Gasteiger partial charge in [-0.15, -0.1) is 0 Å². The number of nitrogens with one attached hydrogen (secondary N) is 1. The maximum Gasteiger partial charge on any atom is 0.277 e. The molecule has 0 saturated carbocycles. The van der Waals surface area contributed by atoms with E-state index in [1.807, 2.05) is 24.3 Å². The molecule has 0 bridgehead atoms. The molecule has 2 aromatic carbocycles. The molecule has 4 rings (SSSR count). The number of ether oxygens (including phenoxy) is 2. The zero-order chi connectivity index (χ0) is 21.8. The molecular formula is C24H21N3O4. The lowest BCUT2D eigenvalue weighted by molar-refractivity contribution is 0.0979. The van der Waals surface area contributed by atoms with Gasteiger partial charge >= 0.3 is 0 Å². The highest BCUT2D eigenvalue weighted by Gasteiger charge is 2.23. The molecule has 0 aliphatic carbocycles. The van der Waals surface area contributed by atoms with Crippen LogP contribution in [0.2, 0.25) is 0 Å². The second kappa shape index (κ2) is 8.71. The number of hydrogen-bond acceptors (Lipinski definition) is 5. The fourth-order valence-electron chi connectivity index (χ4n) is 3.39. The van der Waals surface area contributed by atoms with E-state index in [-0.39, 0.29) is 23.7 Å². The number of amides is 1. The Labute approximate surface area is 178 Å². The third-order valence-electron chi connectivity index (χ3n) is 4.96. The van der Waals surface area contributed by atoms with E-state index in [9.17, 15) is 9.59 Å². The molecule has 1 N–H and O–H groups in total. The van der Waals surface area contributed by atoms with Crippen LogP contribution in [-0.2, 0) is 6.54 Å². The topological polar surface area (TPSA) is 84.5 Å². The molecule has 7 heteroatoms. The Bertz CT molecular complexity index is 1290. The van der Waals surface area contributed by atoms with Gasteiger partial charge in [0.1, 0.15) is 17.2 Å². The third-order valence-corrected chi connectivity index (χ3v) is 4.96. The number of anilines is 1. The number of methoxy groups -OCH3 is 2. The summed E-state index contributed by atoms with van der Waals surface area (Å²) < 4.78 is 10.7. The number of benzene rings is 2. The van der Waals surface area contributed by atoms with Gasteiger partial charge in [0.05, 0.1) is 32.0 Å². The van der Waals surface area contributed by atoms with Gasteiger partial charge in [-0.25, -0.2) is 0 Å². The first-order valence-electron chi connectivity index (χ1n) is 9.66. The number of para-hydroxylation sites is 2. The third kappa shape index (κ3) is 4.11. The Morgan fingerprint density at radius 2 is 1.81 bits per heavy atom. The van der Waals surface area contributed by atoms with Crippen LogP contribution in [0.5, 0.6) is 11.5 Å². The molecule has 0 unspecified atom stereocenters. The van der Waals surface area contributed by atoms with E-state index < -0.39 is 0 Å². The van der Waals surface area contributed by atoms with E-state index in [0.29, 0.717) is 28.3 Å². The number of fused-ring (bicyclic) bond motifs is 1. The van der Waals surface area contributed by atoms with Gasteiger partial charge in [0.25, 0.3) is 11.5 Å². The monoisotopic (exact) mass is 415 g/mol. The fourth-order valence-corrected chi connectivity index (χ4v) is 3.39. The lowest BCUT2D eigenvalue weighted by Gasteiger charge is -2.24. The molecule has 2 aromatic heterocycles. The number of carbonyl (C=O) groups excluding carboxylic acids is 1. The molecule has 156 valence electrons. The number of pyridine rings is 2. The molecule has 1 amide bonds. The average Bonchev–Trinajstić information content (AvgIpc) is 2.82. The number of hydrogen-bond donors (Lipinski definition) is 1. The van der Waals surface area contributed by atoms with Crippen molar-refractivity contribution in [1.29, 1.82) is 0 Å². The van der Waals surface area contributed by atoms with Crippen LogP contribution in [0.4, 0.5) is 5.69 Å². The summed E-state index contributed by atoms with van der Waals surface area (Å²) in [5, 5.41) is 0.834. The van der Waals surface area contributed by atoms with Gasteiger partial charge in [-0.3, -0.25) is 19.5 Å². The Morgan fingerprint density at radius 1 is 1.00 bits per heavy atom. The van der Waals surface area contributed by atoms with Gasteiger partial charge in [-0.05, 0) is 47.9 Å². The molecule has 0 saturated heterocycles. The zero-order valence-corrected chi connectivity index (χ0v) is 17.2. The van der Waals surface area contributed by atoms with Crippen molar-refractivity contribution in [3.05, 3.63) is 94.5 Å². The Kier molecular flexibility index (Phi) is 5.66. The number of nitrogens with zero attached hydrogens (tertiary/aromatic N) is 2. The Morgan fingerprint density at radius 3 is 2.55 bits per heavy atom. The normalized spacial score (nSPS) is 10.6. The highest BCUT2D eigenvalue weighted by atomic mass is 16.5. The van der Waals surface area contributed by atoms with Crippen molar-refractivity contribution in [3.63, 3.8) is 0 Å². The van der Waals surface area contributed by atoms with Crippen LogP contribution in [0.1, 0.15) is 16.1 Å². The summed E-state index contributed by atoms with van der Waals surface area (Å²) in [6.45, 7) is 0.0487. The largest absolute Gasteiger partial charge is 0.497 e. The average molecular weight is 415 g/mol. The second-order valence-corrected chi connectivity index (χ2v) is 6.86. The molecule has 31 heavy (non-hydrogen) atoms. The van der Waals surface area contributed by atoms with Gasteiger partial charge in [0.15, 0.2) is 0 Å². The number of aromatic nitrogens is 2. The quantitative estimate of drug-likeness (QED) is 0.518. The summed E-state index contributed by atoms with van der Waals surface area (Å²) in [7, 11) is 3.11. The lowest BCUT2D eigenvalue weighted by Crippen LogP contribution is -2.33. The van der Waals surface area contributed by atoms with Crippen molar-refractivity contribution in [2.45, 2.75) is 6.54 Å². The summed E-state index contributed by atoms with van der Waals surface area (Å²) >= 11 is 0. The molecule has 0 aliphatic rings. The molecule has 2 heterocycles. The standard InChI is InChI=1S/C24H21N3O4/c1-30-18-11-10-16-13-17(23(28)26-20(16)14-18)15-27(21-8-3-4-9-22(21)31-2)24(29)19-7-5-6-12-25-19/h3-14H,15H2,1-2H3,(H,26,28). The SMILES string of the molecule is COc1ccc2cc(CN(C(=O)c3ccccn3)c3ccccc3OC)c(=O)[nH]c2c1. The van der Waals surface area contributed by atoms with Crippen molar-refractivity contribution >= 4 is 22.5 Å². The minimum atomic E-state index is -0.334. The highest BCUT2D eigenvalue weighted by Crippen LogP contribution is 2.30. The summed E-state index contributed by atoms with van der Waals surface area (Å²) in [4.78, 5) is 34.7. The zero-order valence-electron chi connectivity index (χ0n) is 17.2. The van der Waals surface area contributed by atoms with Crippen LogP contribution in [0.15, 0.2) is 77.7 Å². The number of rotatable bonds is 6. The van der Waals surface area contributed by atoms with Crippen molar-refractivity contribution < 1.29 is 14.3 Å². The van der Waals surface area contributed by atoms with Crippen molar-refractivity contribution in [3.8, 4) is 11.5 Å². The summed E-state index contributed by atoms with van der Waals surface area (Å²) in [6.07, 6.45) is 1.56. The predicted octanol–water partition coefficient (Wildman–Crippen LogP) is 3.79. The van der Waals surface area contributed by atoms with Gasteiger partial charge < -0.3 is 14.5 Å². The van der Waals surface area contributed by atoms with E-state index in [0.717, 1.165) is 5.39 Å². The second-order valence-electron chi connectivity index (χ2n) is 6.86. The summed E-state index contributed by atoms with van der Waals surface area (Å²) in [5.74, 6) is 0.838. The number of carbonyl (C=O) groups is 1. The molecule has 7 nitrogen and oxygen atoms in total. The van der Waals surface area contributed by atoms with Crippen LogP contribution >= 0.6 is 0 Å². The summed E-state index contributed by atoms with van der Waals surface area (Å²) in [5.41, 5.74) is 1.64. The maximum atomic E-state index is 13.4. The maximum absolute atomic E-state index is 13.4. The van der Waals surface area contributed by atoms with E-state index in [4.69, 9.17) is 9.47 Å². The Balaban J connectivity index is 1.80. The van der Waals surface area contributed by atoms with Gasteiger partial charge in [0, 0.05) is 17.8 Å². The van der Waals surface area contributed by atoms with Crippen molar-refractivity contribution in [1.82, 2.24) is 9.97 Å². The summed E-state index contributed by atoms with van der Waals surface area (Å²) in [6, 6.07) is 19.5. The fraction of sp³-hybridized carbons (Fsp3) is 0.125. The van der Waals surface area contributed by atoms with Gasteiger partial charge in [0.2, 0.25) is 0 Å². The smallest absolute Gasteiger partial charge is 0.277 e. The molecule has 0 radical (unpaired) electrons. The van der Waals surface area contributed by atoms with Gasteiger partial charge in [-0.1, -0.05) is 18.2 Å². The number of H-pyrrole nitrogens is 1. The molecule has 0 spiro atoms. The van der Waals surface area contributed by atoms with Crippen LogP contribution in [0.25, 0.3) is 10.9 Å². The van der Waals surface area contributed by atoms with E-state index >= 15 is 0 Å². The first-order chi connectivity index (χ1) is 15.1. The molecule has 0 atom stereocenters. The van der Waals surface area contributed by atoms with Crippen molar-refractivity contribution in [2.24, 2.45) is 0 Å². The van der Waals surface area contributed by atoms with E-state index in [1.54, 1.807) is 62.9 Å². The van der Waals surface area contributed by atoms with E-state index in [2.05, 4.69) is 9.97 Å². The first-order valence-corrected chi connectivity index (χ1v) is 9.66. The molecule has 4 aromatic rings. The van der Waals surface area contributed by atoms with Crippen LogP contribution < -0.4 is 19.9 Å². The minimum Gasteiger partial charge on any atom is -0.497 e. The first kappa shape index (κ1) is 20.2. The molecular weight excluding hydrogens is 394 g/mol. The number of aromatic amines is 1. The predicted molar refractivity (Wildman–Crippen MR) is 119 cm³/mol. The van der Waals surface area contributed by atoms with Crippen LogP contribution in [-0.4, -0.2) is 30.1 Å². The van der Waals surface area contributed by atoms with Crippen molar-refractivity contribution in [2.75, 3.05) is 19.1 Å².